The zero-order valence-electron chi connectivity index (χ0n) is 17.9. The zero-order chi connectivity index (χ0) is 21.6. The third kappa shape index (κ3) is 5.19. The van der Waals surface area contributed by atoms with E-state index >= 15 is 0 Å². The molecule has 0 aromatic heterocycles. The van der Waals surface area contributed by atoms with Gasteiger partial charge in [-0.15, -0.1) is 0 Å². The molecule has 0 aliphatic heterocycles. The molecule has 3 aromatic carbocycles. The van der Waals surface area contributed by atoms with E-state index in [1.54, 1.807) is 32.4 Å². The van der Waals surface area contributed by atoms with Gasteiger partial charge in [0.15, 0.2) is 23.9 Å². The molecule has 0 atom stereocenters. The molecule has 30 heavy (non-hydrogen) atoms. The van der Waals surface area contributed by atoms with Crippen molar-refractivity contribution in [2.24, 2.45) is 0 Å². The second kappa shape index (κ2) is 9.46. The molecule has 0 spiro atoms. The monoisotopic (exact) mass is 406 g/mol. The van der Waals surface area contributed by atoms with Crippen molar-refractivity contribution in [1.82, 2.24) is 4.48 Å². The largest absolute Gasteiger partial charge is 0.493 e. The minimum Gasteiger partial charge on any atom is -0.493 e. The van der Waals surface area contributed by atoms with Crippen LogP contribution in [0.4, 0.5) is 5.69 Å². The van der Waals surface area contributed by atoms with Crippen molar-refractivity contribution in [3.8, 4) is 17.2 Å². The standard InChI is InChI=1S/C25H28NO4/c1-26(2,17-19-9-6-5-7-10-19)21-11-8-12-22(16-21)30-18-23(27)20-13-14-24(28-3)25(15-20)29-4/h5-16H,17-18H2,1-4H3/q+1. The van der Waals surface area contributed by atoms with E-state index in [1.165, 1.54) is 5.56 Å². The number of benzene rings is 3. The van der Waals surface area contributed by atoms with Crippen molar-refractivity contribution >= 4 is 11.5 Å². The Morgan fingerprint density at radius 1 is 0.833 bits per heavy atom. The van der Waals surface area contributed by atoms with Gasteiger partial charge in [-0.3, -0.25) is 9.28 Å². The lowest BCUT2D eigenvalue weighted by molar-refractivity contribution is 0.0921. The molecule has 0 aliphatic carbocycles. The molecule has 0 N–H and O–H groups in total. The average Bonchev–Trinajstić information content (AvgIpc) is 2.77. The average molecular weight is 407 g/mol. The summed E-state index contributed by atoms with van der Waals surface area (Å²) in [6.07, 6.45) is 0. The number of carbonyl (C=O) groups excluding carboxylic acids is 1. The van der Waals surface area contributed by atoms with Crippen LogP contribution in [0.1, 0.15) is 15.9 Å². The van der Waals surface area contributed by atoms with Crippen LogP contribution in [-0.2, 0) is 6.54 Å². The molecule has 3 rings (SSSR count). The van der Waals surface area contributed by atoms with Crippen LogP contribution < -0.4 is 18.7 Å². The van der Waals surface area contributed by atoms with Crippen LogP contribution >= 0.6 is 0 Å². The van der Waals surface area contributed by atoms with Crippen molar-refractivity contribution in [2.45, 2.75) is 6.54 Å². The molecule has 0 saturated carbocycles. The Kier molecular flexibility index (Phi) is 6.75. The highest BCUT2D eigenvalue weighted by Crippen LogP contribution is 2.29. The lowest BCUT2D eigenvalue weighted by Crippen LogP contribution is -2.39. The highest BCUT2D eigenvalue weighted by Gasteiger charge is 2.20. The van der Waals surface area contributed by atoms with Gasteiger partial charge in [0.1, 0.15) is 18.0 Å². The molecule has 156 valence electrons. The van der Waals surface area contributed by atoms with Gasteiger partial charge in [-0.05, 0) is 30.3 Å². The van der Waals surface area contributed by atoms with Crippen molar-refractivity contribution in [3.05, 3.63) is 83.9 Å². The predicted molar refractivity (Wildman–Crippen MR) is 120 cm³/mol. The highest BCUT2D eigenvalue weighted by molar-refractivity contribution is 5.97. The second-order valence-corrected chi connectivity index (χ2v) is 7.61. The van der Waals surface area contributed by atoms with Crippen LogP contribution in [0.5, 0.6) is 17.2 Å². The van der Waals surface area contributed by atoms with Gasteiger partial charge in [-0.2, -0.15) is 0 Å². The van der Waals surface area contributed by atoms with Gasteiger partial charge in [-0.25, -0.2) is 0 Å². The Bertz CT molecular complexity index is 999. The summed E-state index contributed by atoms with van der Waals surface area (Å²) in [5.74, 6) is 1.64. The fourth-order valence-corrected chi connectivity index (χ4v) is 3.32. The van der Waals surface area contributed by atoms with E-state index in [0.717, 1.165) is 12.2 Å². The van der Waals surface area contributed by atoms with Gasteiger partial charge in [0.25, 0.3) is 0 Å². The van der Waals surface area contributed by atoms with Crippen LogP contribution in [0.25, 0.3) is 0 Å². The summed E-state index contributed by atoms with van der Waals surface area (Å²) < 4.78 is 17.0. The van der Waals surface area contributed by atoms with E-state index in [-0.39, 0.29) is 12.4 Å². The minimum absolute atomic E-state index is 0.0505. The van der Waals surface area contributed by atoms with Crippen molar-refractivity contribution in [2.75, 3.05) is 34.9 Å². The number of rotatable bonds is 9. The fourth-order valence-electron chi connectivity index (χ4n) is 3.32. The molecule has 5 nitrogen and oxygen atoms in total. The first kappa shape index (κ1) is 21.4. The molecule has 0 amide bonds. The van der Waals surface area contributed by atoms with Crippen molar-refractivity contribution < 1.29 is 19.0 Å². The van der Waals surface area contributed by atoms with Gasteiger partial charge in [-0.1, -0.05) is 36.4 Å². The predicted octanol–water partition coefficient (Wildman–Crippen LogP) is 4.73. The Balaban J connectivity index is 1.69. The van der Waals surface area contributed by atoms with Gasteiger partial charge >= 0.3 is 0 Å². The summed E-state index contributed by atoms with van der Waals surface area (Å²) in [5, 5.41) is 0. The first-order chi connectivity index (χ1) is 14.4. The van der Waals surface area contributed by atoms with Crippen LogP contribution in [0.3, 0.4) is 0 Å². The van der Waals surface area contributed by atoms with Crippen molar-refractivity contribution in [3.63, 3.8) is 0 Å². The number of carbonyl (C=O) groups is 1. The zero-order valence-corrected chi connectivity index (χ0v) is 17.9. The van der Waals surface area contributed by atoms with Gasteiger partial charge < -0.3 is 14.2 Å². The number of ether oxygens (including phenoxy) is 3. The quantitative estimate of drug-likeness (QED) is 0.381. The lowest BCUT2D eigenvalue weighted by Gasteiger charge is -2.29. The molecule has 0 saturated heterocycles. The smallest absolute Gasteiger partial charge is 0.200 e. The van der Waals surface area contributed by atoms with Gasteiger partial charge in [0.05, 0.1) is 28.3 Å². The Labute approximate surface area is 178 Å². The summed E-state index contributed by atoms with van der Waals surface area (Å²) in [7, 11) is 7.42. The number of hydrogen-bond donors (Lipinski definition) is 0. The number of Topliss-reactive ketones (excluding diaryl/α,β-unsaturated/α-hetero) is 1. The first-order valence-electron chi connectivity index (χ1n) is 9.78. The van der Waals surface area contributed by atoms with E-state index in [1.807, 2.05) is 24.3 Å². The van der Waals surface area contributed by atoms with Crippen LogP contribution in [0.15, 0.2) is 72.8 Å². The third-order valence-electron chi connectivity index (χ3n) is 5.01. The number of hydrogen-bond acceptors (Lipinski definition) is 4. The summed E-state index contributed by atoms with van der Waals surface area (Å²) in [5.41, 5.74) is 2.89. The molecule has 0 fully saturated rings. The van der Waals surface area contributed by atoms with E-state index < -0.39 is 0 Å². The van der Waals surface area contributed by atoms with Crippen LogP contribution in [0, 0.1) is 0 Å². The molecule has 0 bridgehead atoms. The Morgan fingerprint density at radius 3 is 2.27 bits per heavy atom. The Morgan fingerprint density at radius 2 is 1.57 bits per heavy atom. The molecule has 0 aliphatic rings. The number of quaternary nitrogens is 1. The normalized spacial score (nSPS) is 11.1. The van der Waals surface area contributed by atoms with E-state index in [4.69, 9.17) is 14.2 Å². The first-order valence-corrected chi connectivity index (χ1v) is 9.78. The third-order valence-corrected chi connectivity index (χ3v) is 5.01. The lowest BCUT2D eigenvalue weighted by atomic mass is 10.1. The van der Waals surface area contributed by atoms with E-state index in [2.05, 4.69) is 44.4 Å². The molecule has 5 heteroatoms. The maximum Gasteiger partial charge on any atom is 0.200 e. The van der Waals surface area contributed by atoms with Gasteiger partial charge in [0.2, 0.25) is 0 Å². The van der Waals surface area contributed by atoms with Gasteiger partial charge in [0, 0.05) is 17.2 Å². The molecule has 0 unspecified atom stereocenters. The number of ketones is 1. The maximum atomic E-state index is 12.6. The number of nitrogens with zero attached hydrogens (tertiary/aromatic N) is 1. The van der Waals surface area contributed by atoms with Crippen LogP contribution in [0.2, 0.25) is 0 Å². The summed E-state index contributed by atoms with van der Waals surface area (Å²) >= 11 is 0. The minimum atomic E-state index is -0.126. The molecular formula is C25H28NO4+. The topological polar surface area (TPSA) is 44.8 Å². The second-order valence-electron chi connectivity index (χ2n) is 7.61. The summed E-state index contributed by atoms with van der Waals surface area (Å²) in [6.45, 7) is 0.805. The highest BCUT2D eigenvalue weighted by atomic mass is 16.5. The molecule has 3 aromatic rings. The summed E-state index contributed by atoms with van der Waals surface area (Å²) in [4.78, 5) is 12.6. The SMILES string of the molecule is COc1ccc(C(=O)COc2cccc([N+](C)(C)Cc3ccccc3)c2)cc1OC. The van der Waals surface area contributed by atoms with Crippen LogP contribution in [-0.4, -0.2) is 40.7 Å². The number of methoxy groups -OCH3 is 2. The van der Waals surface area contributed by atoms with E-state index in [0.29, 0.717) is 27.3 Å². The van der Waals surface area contributed by atoms with Crippen molar-refractivity contribution in [1.29, 1.82) is 0 Å². The Hall–Kier alpha value is -3.31. The summed E-state index contributed by atoms with van der Waals surface area (Å²) in [6, 6.07) is 23.4. The maximum absolute atomic E-state index is 12.6. The fraction of sp³-hybridized carbons (Fsp3) is 0.240. The molecule has 0 heterocycles. The van der Waals surface area contributed by atoms with E-state index in [9.17, 15) is 4.79 Å². The molecule has 0 radical (unpaired) electrons. The molecular weight excluding hydrogens is 378 g/mol.